The third-order valence-electron chi connectivity index (χ3n) is 2.47. The average Bonchev–Trinajstić information content (AvgIpc) is 2.65. The van der Waals surface area contributed by atoms with Crippen LogP contribution in [0.5, 0.6) is 0 Å². The van der Waals surface area contributed by atoms with Gasteiger partial charge in [0.05, 0.1) is 12.3 Å². The summed E-state index contributed by atoms with van der Waals surface area (Å²) in [5.41, 5.74) is 6.25. The monoisotopic (exact) mass is 278 g/mol. The van der Waals surface area contributed by atoms with Crippen molar-refractivity contribution in [1.29, 1.82) is 0 Å². The number of carbonyl (C=O) groups is 1. The van der Waals surface area contributed by atoms with Crippen molar-refractivity contribution in [1.82, 2.24) is 4.57 Å². The molecule has 0 saturated heterocycles. The first-order chi connectivity index (χ1) is 8.70. The highest BCUT2D eigenvalue weighted by Gasteiger charge is 2.26. The number of carbonyl (C=O) groups excluding carboxylic acids is 1. The summed E-state index contributed by atoms with van der Waals surface area (Å²) in [5, 5.41) is 0. The molecule has 1 aromatic rings. The third kappa shape index (κ3) is 4.84. The number of esters is 1. The SMILES string of the molecule is CC(C)n1cc(N)cc1C(=O)OCCCC(F)(F)F. The minimum absolute atomic E-state index is 0.00928. The molecule has 1 rings (SSSR count). The number of ether oxygens (including phenoxy) is 1. The fourth-order valence-electron chi connectivity index (χ4n) is 1.60. The normalized spacial score (nSPS) is 11.9. The molecule has 0 radical (unpaired) electrons. The second-order valence-electron chi connectivity index (χ2n) is 4.51. The second-order valence-corrected chi connectivity index (χ2v) is 4.51. The van der Waals surface area contributed by atoms with Gasteiger partial charge in [-0.15, -0.1) is 0 Å². The molecule has 4 nitrogen and oxygen atoms in total. The molecule has 0 aromatic carbocycles. The van der Waals surface area contributed by atoms with Gasteiger partial charge in [0.15, 0.2) is 0 Å². The van der Waals surface area contributed by atoms with Gasteiger partial charge < -0.3 is 15.0 Å². The Morgan fingerprint density at radius 1 is 1.47 bits per heavy atom. The van der Waals surface area contributed by atoms with Crippen LogP contribution in [0.3, 0.4) is 0 Å². The van der Waals surface area contributed by atoms with Gasteiger partial charge in [-0.2, -0.15) is 13.2 Å². The van der Waals surface area contributed by atoms with Crippen LogP contribution in [0.2, 0.25) is 0 Å². The predicted molar refractivity (Wildman–Crippen MR) is 64.8 cm³/mol. The first-order valence-corrected chi connectivity index (χ1v) is 5.92. The van der Waals surface area contributed by atoms with Crippen LogP contribution in [-0.2, 0) is 4.74 Å². The van der Waals surface area contributed by atoms with Crippen molar-refractivity contribution in [3.8, 4) is 0 Å². The maximum absolute atomic E-state index is 11.9. The number of aromatic nitrogens is 1. The van der Waals surface area contributed by atoms with Crippen LogP contribution < -0.4 is 5.73 Å². The molecule has 0 aliphatic carbocycles. The molecule has 0 saturated carbocycles. The lowest BCUT2D eigenvalue weighted by molar-refractivity contribution is -0.137. The molecule has 2 N–H and O–H groups in total. The largest absolute Gasteiger partial charge is 0.461 e. The molecule has 19 heavy (non-hydrogen) atoms. The van der Waals surface area contributed by atoms with Gasteiger partial charge in [-0.1, -0.05) is 0 Å². The summed E-state index contributed by atoms with van der Waals surface area (Å²) >= 11 is 0. The summed E-state index contributed by atoms with van der Waals surface area (Å²) < 4.78 is 42.2. The van der Waals surface area contributed by atoms with Gasteiger partial charge in [-0.05, 0) is 26.3 Å². The first-order valence-electron chi connectivity index (χ1n) is 5.92. The minimum atomic E-state index is -4.23. The number of anilines is 1. The lowest BCUT2D eigenvalue weighted by atomic mass is 10.3. The number of hydrogen-bond acceptors (Lipinski definition) is 3. The average molecular weight is 278 g/mol. The summed E-state index contributed by atoms with van der Waals surface area (Å²) in [6, 6.07) is 1.46. The van der Waals surface area contributed by atoms with E-state index in [0.29, 0.717) is 5.69 Å². The van der Waals surface area contributed by atoms with Crippen molar-refractivity contribution in [3.05, 3.63) is 18.0 Å². The number of nitrogens with two attached hydrogens (primary N) is 1. The fraction of sp³-hybridized carbons (Fsp3) is 0.583. The molecular formula is C12H17F3N2O2. The summed E-state index contributed by atoms with van der Waals surface area (Å²) in [4.78, 5) is 11.7. The zero-order valence-electron chi connectivity index (χ0n) is 10.8. The van der Waals surface area contributed by atoms with E-state index < -0.39 is 18.6 Å². The molecule has 0 atom stereocenters. The van der Waals surface area contributed by atoms with Gasteiger partial charge in [-0.3, -0.25) is 0 Å². The summed E-state index contributed by atoms with van der Waals surface area (Å²) in [5.74, 6) is -0.660. The van der Waals surface area contributed by atoms with Crippen LogP contribution in [0.15, 0.2) is 12.3 Å². The maximum atomic E-state index is 11.9. The van der Waals surface area contributed by atoms with Crippen molar-refractivity contribution in [3.63, 3.8) is 0 Å². The Kier molecular flexibility index (Phi) is 4.85. The van der Waals surface area contributed by atoms with Crippen LogP contribution in [0.4, 0.5) is 18.9 Å². The van der Waals surface area contributed by atoms with Crippen molar-refractivity contribution < 1.29 is 22.7 Å². The van der Waals surface area contributed by atoms with Crippen molar-refractivity contribution in [2.24, 2.45) is 0 Å². The molecule has 0 bridgehead atoms. The van der Waals surface area contributed by atoms with Crippen molar-refractivity contribution in [2.45, 2.75) is 38.9 Å². The Hall–Kier alpha value is -1.66. The summed E-state index contributed by atoms with van der Waals surface area (Å²) in [7, 11) is 0. The quantitative estimate of drug-likeness (QED) is 0.665. The molecule has 0 fully saturated rings. The number of alkyl halides is 3. The highest BCUT2D eigenvalue weighted by Crippen LogP contribution is 2.21. The van der Waals surface area contributed by atoms with Crippen LogP contribution in [0.1, 0.15) is 43.2 Å². The third-order valence-corrected chi connectivity index (χ3v) is 2.47. The van der Waals surface area contributed by atoms with Gasteiger partial charge >= 0.3 is 12.1 Å². The van der Waals surface area contributed by atoms with Gasteiger partial charge in [-0.25, -0.2) is 4.79 Å². The van der Waals surface area contributed by atoms with E-state index in [1.165, 1.54) is 6.07 Å². The molecule has 0 unspecified atom stereocenters. The molecule has 0 amide bonds. The summed E-state index contributed by atoms with van der Waals surface area (Å²) in [6.07, 6.45) is -3.84. The molecule has 0 aliphatic rings. The van der Waals surface area contributed by atoms with Crippen molar-refractivity contribution in [2.75, 3.05) is 12.3 Å². The molecular weight excluding hydrogens is 261 g/mol. The number of halogens is 3. The van der Waals surface area contributed by atoms with E-state index in [1.807, 2.05) is 13.8 Å². The number of nitrogen functional groups attached to an aromatic ring is 1. The minimum Gasteiger partial charge on any atom is -0.461 e. The molecule has 1 heterocycles. The number of hydrogen-bond donors (Lipinski definition) is 1. The predicted octanol–water partition coefficient (Wildman–Crippen LogP) is 3.15. The topological polar surface area (TPSA) is 57.2 Å². The molecule has 7 heteroatoms. The Labute approximate surface area is 109 Å². The van der Waals surface area contributed by atoms with Crippen molar-refractivity contribution >= 4 is 11.7 Å². The van der Waals surface area contributed by atoms with Crippen LogP contribution >= 0.6 is 0 Å². The second kappa shape index (κ2) is 5.99. The van der Waals surface area contributed by atoms with Gasteiger partial charge in [0, 0.05) is 18.7 Å². The van der Waals surface area contributed by atoms with E-state index in [1.54, 1.807) is 10.8 Å². The van der Waals surface area contributed by atoms with E-state index in [2.05, 4.69) is 0 Å². The van der Waals surface area contributed by atoms with E-state index >= 15 is 0 Å². The first kappa shape index (κ1) is 15.4. The van der Waals surface area contributed by atoms with Crippen LogP contribution in [-0.4, -0.2) is 23.3 Å². The smallest absolute Gasteiger partial charge is 0.389 e. The van der Waals surface area contributed by atoms with Gasteiger partial charge in [0.1, 0.15) is 5.69 Å². The highest BCUT2D eigenvalue weighted by atomic mass is 19.4. The summed E-state index contributed by atoms with van der Waals surface area (Å²) in [6.45, 7) is 3.46. The molecule has 1 aromatic heterocycles. The standard InChI is InChI=1S/C12H17F3N2O2/c1-8(2)17-7-9(16)6-10(17)11(18)19-5-3-4-12(13,14)15/h6-8H,3-5,16H2,1-2H3. The Balaban J connectivity index is 2.54. The van der Waals surface area contributed by atoms with E-state index in [-0.39, 0.29) is 24.8 Å². The van der Waals surface area contributed by atoms with Crippen LogP contribution in [0, 0.1) is 0 Å². The van der Waals surface area contributed by atoms with Crippen LogP contribution in [0.25, 0.3) is 0 Å². The Morgan fingerprint density at radius 3 is 2.63 bits per heavy atom. The van der Waals surface area contributed by atoms with Gasteiger partial charge in [0.2, 0.25) is 0 Å². The zero-order valence-corrected chi connectivity index (χ0v) is 10.8. The Bertz CT molecular complexity index is 439. The molecule has 0 aliphatic heterocycles. The zero-order chi connectivity index (χ0) is 14.6. The maximum Gasteiger partial charge on any atom is 0.389 e. The number of nitrogens with zero attached hydrogens (tertiary/aromatic N) is 1. The number of rotatable bonds is 5. The fourth-order valence-corrected chi connectivity index (χ4v) is 1.60. The van der Waals surface area contributed by atoms with E-state index in [9.17, 15) is 18.0 Å². The Morgan fingerprint density at radius 2 is 2.11 bits per heavy atom. The molecule has 108 valence electrons. The lowest BCUT2D eigenvalue weighted by Crippen LogP contribution is -2.15. The van der Waals surface area contributed by atoms with E-state index in [0.717, 1.165) is 0 Å². The van der Waals surface area contributed by atoms with Gasteiger partial charge in [0.25, 0.3) is 0 Å². The highest BCUT2D eigenvalue weighted by molar-refractivity contribution is 5.89. The molecule has 0 spiro atoms. The van der Waals surface area contributed by atoms with E-state index in [4.69, 9.17) is 10.5 Å². The lowest BCUT2D eigenvalue weighted by Gasteiger charge is -2.12.